The Bertz CT molecular complexity index is 469. The Kier molecular flexibility index (Phi) is 2.22. The molecule has 1 aromatic heterocycles. The minimum absolute atomic E-state index is 0.505. The van der Waals surface area contributed by atoms with Crippen LogP contribution in [-0.2, 0) is 5.54 Å². The Morgan fingerprint density at radius 2 is 1.79 bits per heavy atom. The lowest BCUT2D eigenvalue weighted by atomic mass is 10.1. The van der Waals surface area contributed by atoms with Crippen molar-refractivity contribution in [1.29, 1.82) is 0 Å². The smallest absolute Gasteiger partial charge is 0.273 e. The van der Waals surface area contributed by atoms with Gasteiger partial charge in [-0.05, 0) is 20.8 Å². The topological polar surface area (TPSA) is 76.9 Å². The van der Waals surface area contributed by atoms with Crippen LogP contribution in [-0.4, -0.2) is 20.3 Å². The number of hydrogen-bond acceptors (Lipinski definition) is 3. The molecule has 0 bridgehead atoms. The van der Waals surface area contributed by atoms with E-state index in [2.05, 4.69) is 5.10 Å². The number of carbonyl (C=O) groups excluding carboxylic acids is 1. The van der Waals surface area contributed by atoms with Crippen LogP contribution < -0.4 is 11.4 Å². The Morgan fingerprint density at radius 1 is 1.29 bits per heavy atom. The van der Waals surface area contributed by atoms with Crippen molar-refractivity contribution in [3.8, 4) is 0 Å². The van der Waals surface area contributed by atoms with Gasteiger partial charge in [0.25, 0.3) is 0 Å². The van der Waals surface area contributed by atoms with Crippen molar-refractivity contribution in [2.75, 3.05) is 0 Å². The van der Waals surface area contributed by atoms with Crippen molar-refractivity contribution >= 4 is 5.91 Å². The van der Waals surface area contributed by atoms with E-state index < -0.39 is 22.8 Å². The first-order chi connectivity index (χ1) is 6.25. The third kappa shape index (κ3) is 1.55. The monoisotopic (exact) mass is 199 g/mol. The van der Waals surface area contributed by atoms with Crippen LogP contribution >= 0.6 is 0 Å². The van der Waals surface area contributed by atoms with E-state index in [1.165, 1.54) is 6.92 Å². The van der Waals surface area contributed by atoms with E-state index in [9.17, 15) is 14.4 Å². The Hall–Kier alpha value is -1.59. The van der Waals surface area contributed by atoms with Crippen molar-refractivity contribution in [2.24, 2.45) is 0 Å². The summed E-state index contributed by atoms with van der Waals surface area (Å²) in [6.45, 7) is 6.36. The number of nitrogens with one attached hydrogen (secondary N) is 1. The number of aromatic nitrogens is 3. The van der Waals surface area contributed by atoms with Crippen LogP contribution in [0.1, 0.15) is 32.5 Å². The fourth-order valence-corrected chi connectivity index (χ4v) is 1.19. The molecule has 6 nitrogen and oxygen atoms in total. The van der Waals surface area contributed by atoms with Crippen LogP contribution in [0.15, 0.2) is 9.59 Å². The molecule has 1 rings (SSSR count). The highest BCUT2D eigenvalue weighted by Crippen LogP contribution is 2.06. The summed E-state index contributed by atoms with van der Waals surface area (Å²) in [5.74, 6) is -0.505. The minimum atomic E-state index is -0.634. The molecule has 0 aliphatic carbocycles. The maximum absolute atomic E-state index is 11.6. The summed E-state index contributed by atoms with van der Waals surface area (Å²) >= 11 is 0. The molecule has 0 radical (unpaired) electrons. The van der Waals surface area contributed by atoms with E-state index in [-0.39, 0.29) is 0 Å². The zero-order valence-corrected chi connectivity index (χ0v) is 8.62. The fourth-order valence-electron chi connectivity index (χ4n) is 1.19. The summed E-state index contributed by atoms with van der Waals surface area (Å²) in [6, 6.07) is 0. The number of nitrogens with zero attached hydrogens (tertiary/aromatic N) is 2. The summed E-state index contributed by atoms with van der Waals surface area (Å²) in [6.07, 6.45) is 0. The summed E-state index contributed by atoms with van der Waals surface area (Å²) in [4.78, 5) is 33.8. The van der Waals surface area contributed by atoms with Gasteiger partial charge in [0, 0.05) is 12.5 Å². The maximum Gasteiger partial charge on any atom is 0.354 e. The van der Waals surface area contributed by atoms with Gasteiger partial charge in [0.15, 0.2) is 0 Å². The zero-order chi connectivity index (χ0) is 11.1. The summed E-state index contributed by atoms with van der Waals surface area (Å²) < 4.78 is 1.71. The predicted molar refractivity (Wildman–Crippen MR) is 50.6 cm³/mol. The Morgan fingerprint density at radius 3 is 2.00 bits per heavy atom. The van der Waals surface area contributed by atoms with Crippen LogP contribution in [0, 0.1) is 0 Å². The van der Waals surface area contributed by atoms with Crippen LogP contribution in [0.4, 0.5) is 0 Å². The molecule has 14 heavy (non-hydrogen) atoms. The van der Waals surface area contributed by atoms with Gasteiger partial charge in [0.2, 0.25) is 5.91 Å². The highest BCUT2D eigenvalue weighted by molar-refractivity contribution is 5.74. The van der Waals surface area contributed by atoms with Crippen molar-refractivity contribution in [3.63, 3.8) is 0 Å². The van der Waals surface area contributed by atoms with E-state index in [1.807, 2.05) is 0 Å². The molecule has 0 amide bonds. The van der Waals surface area contributed by atoms with Gasteiger partial charge in [-0.2, -0.15) is 4.68 Å². The fraction of sp³-hybridized carbons (Fsp3) is 0.625. The van der Waals surface area contributed by atoms with Gasteiger partial charge >= 0.3 is 11.4 Å². The van der Waals surface area contributed by atoms with E-state index in [4.69, 9.17) is 0 Å². The number of carbonyl (C=O) groups is 1. The molecule has 1 N–H and O–H groups in total. The van der Waals surface area contributed by atoms with Crippen LogP contribution in [0.25, 0.3) is 0 Å². The average Bonchev–Trinajstić information content (AvgIpc) is 2.24. The molecule has 1 aromatic rings. The third-order valence-electron chi connectivity index (χ3n) is 1.78. The molecule has 0 aromatic carbocycles. The molecular weight excluding hydrogens is 186 g/mol. The van der Waals surface area contributed by atoms with Gasteiger partial charge < -0.3 is 0 Å². The standard InChI is InChI=1S/C8H13N3O3/c1-5(12)11-7(14)10(6(13)9-11)8(2,3)4/h1-4H3,(H,9,13). The second-order valence-electron chi connectivity index (χ2n) is 4.06. The van der Waals surface area contributed by atoms with Gasteiger partial charge in [-0.25, -0.2) is 19.3 Å². The molecule has 0 aliphatic heterocycles. The van der Waals surface area contributed by atoms with E-state index in [0.29, 0.717) is 4.68 Å². The van der Waals surface area contributed by atoms with Crippen LogP contribution in [0.5, 0.6) is 0 Å². The molecule has 0 saturated carbocycles. The molecule has 6 heteroatoms. The normalized spacial score (nSPS) is 11.7. The molecule has 0 fully saturated rings. The maximum atomic E-state index is 11.6. The number of H-pyrrole nitrogens is 1. The van der Waals surface area contributed by atoms with Gasteiger partial charge in [-0.3, -0.25) is 4.79 Å². The summed E-state index contributed by atoms with van der Waals surface area (Å²) in [5.41, 5.74) is -1.83. The molecule has 1 heterocycles. The lowest BCUT2D eigenvalue weighted by molar-refractivity contribution is 0.0915. The molecule has 0 unspecified atom stereocenters. The van der Waals surface area contributed by atoms with E-state index in [0.717, 1.165) is 4.57 Å². The van der Waals surface area contributed by atoms with Crippen LogP contribution in [0.3, 0.4) is 0 Å². The quantitative estimate of drug-likeness (QED) is 0.626. The Balaban J connectivity index is 3.57. The molecule has 0 saturated heterocycles. The molecular formula is C8H13N3O3. The van der Waals surface area contributed by atoms with Gasteiger partial charge in [-0.15, -0.1) is 0 Å². The van der Waals surface area contributed by atoms with Crippen molar-refractivity contribution in [3.05, 3.63) is 21.0 Å². The van der Waals surface area contributed by atoms with Crippen molar-refractivity contribution in [2.45, 2.75) is 33.2 Å². The zero-order valence-electron chi connectivity index (χ0n) is 8.62. The van der Waals surface area contributed by atoms with Gasteiger partial charge in [0.05, 0.1) is 0 Å². The molecule has 0 spiro atoms. The highest BCUT2D eigenvalue weighted by atomic mass is 16.2. The first kappa shape index (κ1) is 10.5. The highest BCUT2D eigenvalue weighted by Gasteiger charge is 2.22. The van der Waals surface area contributed by atoms with Gasteiger partial charge in [0.1, 0.15) is 0 Å². The Labute approximate surface area is 80.1 Å². The lowest BCUT2D eigenvalue weighted by Gasteiger charge is -2.16. The van der Waals surface area contributed by atoms with Gasteiger partial charge in [-0.1, -0.05) is 0 Å². The number of hydrogen-bond donors (Lipinski definition) is 1. The van der Waals surface area contributed by atoms with E-state index in [1.54, 1.807) is 20.8 Å². The minimum Gasteiger partial charge on any atom is -0.273 e. The molecule has 0 atom stereocenters. The van der Waals surface area contributed by atoms with E-state index >= 15 is 0 Å². The van der Waals surface area contributed by atoms with Crippen molar-refractivity contribution in [1.82, 2.24) is 14.3 Å². The third-order valence-corrected chi connectivity index (χ3v) is 1.78. The molecule has 78 valence electrons. The first-order valence-corrected chi connectivity index (χ1v) is 4.20. The summed E-state index contributed by atoms with van der Waals surface area (Å²) in [7, 11) is 0. The number of rotatable bonds is 0. The molecule has 0 aliphatic rings. The van der Waals surface area contributed by atoms with Crippen molar-refractivity contribution < 1.29 is 4.79 Å². The second-order valence-corrected chi connectivity index (χ2v) is 4.06. The first-order valence-electron chi connectivity index (χ1n) is 4.20. The average molecular weight is 199 g/mol. The van der Waals surface area contributed by atoms with Crippen LogP contribution in [0.2, 0.25) is 0 Å². The largest absolute Gasteiger partial charge is 0.354 e. The lowest BCUT2D eigenvalue weighted by Crippen LogP contribution is -2.41. The second kappa shape index (κ2) is 2.97. The summed E-state index contributed by atoms with van der Waals surface area (Å²) in [5, 5.41) is 2.18. The predicted octanol–water partition coefficient (Wildman–Crippen LogP) is -0.247. The number of aromatic amines is 1. The SMILES string of the molecule is CC(=O)n1[nH]c(=O)n(C(C)(C)C)c1=O.